The van der Waals surface area contributed by atoms with Gasteiger partial charge in [-0.05, 0) is 23.4 Å². The summed E-state index contributed by atoms with van der Waals surface area (Å²) in [6.07, 6.45) is 7.00. The van der Waals surface area contributed by atoms with Crippen LogP contribution < -0.4 is 0 Å². The molecule has 1 rings (SSSR count). The average Bonchev–Trinajstić information content (AvgIpc) is 1.77. The molecular formula is C9H17P. The Morgan fingerprint density at radius 2 is 1.60 bits per heavy atom. The molecule has 1 aliphatic rings. The zero-order chi connectivity index (χ0) is 7.83. The first-order chi connectivity index (χ1) is 4.46. The molecule has 0 aromatic carbocycles. The van der Waals surface area contributed by atoms with E-state index in [1.807, 2.05) is 0 Å². The molecule has 0 aromatic heterocycles. The molecule has 0 saturated carbocycles. The van der Waals surface area contributed by atoms with Crippen LogP contribution in [0.25, 0.3) is 0 Å². The van der Waals surface area contributed by atoms with E-state index < -0.39 is 0 Å². The summed E-state index contributed by atoms with van der Waals surface area (Å²) in [5, 5.41) is 0.405. The number of hydrogen-bond donors (Lipinski definition) is 0. The van der Waals surface area contributed by atoms with Crippen molar-refractivity contribution in [2.45, 2.75) is 38.8 Å². The molecule has 0 amide bonds. The van der Waals surface area contributed by atoms with Crippen LogP contribution in [0.2, 0.25) is 0 Å². The summed E-state index contributed by atoms with van der Waals surface area (Å²) in [6.45, 7) is 6.99. The smallest absolute Gasteiger partial charge is 0.00901 e. The van der Waals surface area contributed by atoms with Gasteiger partial charge in [0.25, 0.3) is 0 Å². The van der Waals surface area contributed by atoms with Crippen LogP contribution in [0.5, 0.6) is 0 Å². The largest absolute Gasteiger partial charge is 0.130 e. The highest BCUT2D eigenvalue weighted by Crippen LogP contribution is 2.46. The average molecular weight is 156 g/mol. The van der Waals surface area contributed by atoms with Crippen LogP contribution in [-0.4, -0.2) is 5.16 Å². The van der Waals surface area contributed by atoms with Crippen molar-refractivity contribution in [1.29, 1.82) is 0 Å². The second kappa shape index (κ2) is 2.34. The Hall–Kier alpha value is 0.170. The lowest BCUT2D eigenvalue weighted by Crippen LogP contribution is -2.37. The molecule has 0 spiro atoms. The zero-order valence-electron chi connectivity index (χ0n) is 7.15. The van der Waals surface area contributed by atoms with Crippen LogP contribution in [0.3, 0.4) is 0 Å². The van der Waals surface area contributed by atoms with Gasteiger partial charge in [-0.15, -0.1) is 9.24 Å². The SMILES string of the molecule is CC1(C)CC=CCC1(C)P. The van der Waals surface area contributed by atoms with Gasteiger partial charge >= 0.3 is 0 Å². The van der Waals surface area contributed by atoms with E-state index in [9.17, 15) is 0 Å². The second-order valence-corrected chi connectivity index (χ2v) is 5.46. The first kappa shape index (κ1) is 8.27. The Kier molecular flexibility index (Phi) is 1.94. The van der Waals surface area contributed by atoms with Crippen molar-refractivity contribution in [3.63, 3.8) is 0 Å². The molecule has 0 bridgehead atoms. The lowest BCUT2D eigenvalue weighted by atomic mass is 9.72. The van der Waals surface area contributed by atoms with E-state index in [2.05, 4.69) is 42.2 Å². The summed E-state index contributed by atoms with van der Waals surface area (Å²) in [6, 6.07) is 0. The number of rotatable bonds is 0. The van der Waals surface area contributed by atoms with Crippen LogP contribution >= 0.6 is 9.24 Å². The van der Waals surface area contributed by atoms with Gasteiger partial charge in [-0.3, -0.25) is 0 Å². The molecule has 2 atom stereocenters. The standard InChI is InChI=1S/C9H17P/c1-8(2)6-4-5-7-9(8,3)10/h4-5H,6-7,10H2,1-3H3. The summed E-state index contributed by atoms with van der Waals surface area (Å²) in [4.78, 5) is 0. The molecule has 0 nitrogen and oxygen atoms in total. The Bertz CT molecular complexity index is 136. The van der Waals surface area contributed by atoms with Crippen molar-refractivity contribution in [1.82, 2.24) is 0 Å². The van der Waals surface area contributed by atoms with Gasteiger partial charge in [0.1, 0.15) is 0 Å². The van der Waals surface area contributed by atoms with E-state index in [0.29, 0.717) is 10.6 Å². The Morgan fingerprint density at radius 1 is 1.10 bits per heavy atom. The third kappa shape index (κ3) is 1.27. The van der Waals surface area contributed by atoms with Gasteiger partial charge in [0.2, 0.25) is 0 Å². The van der Waals surface area contributed by atoms with Crippen LogP contribution in [-0.2, 0) is 0 Å². The van der Waals surface area contributed by atoms with E-state index in [-0.39, 0.29) is 0 Å². The number of hydrogen-bond acceptors (Lipinski definition) is 0. The highest BCUT2D eigenvalue weighted by atomic mass is 31.0. The van der Waals surface area contributed by atoms with Crippen molar-refractivity contribution < 1.29 is 0 Å². The zero-order valence-corrected chi connectivity index (χ0v) is 8.30. The van der Waals surface area contributed by atoms with Gasteiger partial charge in [-0.2, -0.15) is 0 Å². The van der Waals surface area contributed by atoms with Gasteiger partial charge in [0, 0.05) is 0 Å². The predicted molar refractivity (Wildman–Crippen MR) is 50.3 cm³/mol. The maximum Gasteiger partial charge on any atom is -0.00901 e. The molecule has 0 heterocycles. The van der Waals surface area contributed by atoms with E-state index in [4.69, 9.17) is 0 Å². The van der Waals surface area contributed by atoms with Gasteiger partial charge in [0.05, 0.1) is 0 Å². The fraction of sp³-hybridized carbons (Fsp3) is 0.778. The molecule has 1 heteroatoms. The lowest BCUT2D eigenvalue weighted by molar-refractivity contribution is 0.259. The Labute approximate surface area is 66.3 Å². The lowest BCUT2D eigenvalue weighted by Gasteiger charge is -2.43. The monoisotopic (exact) mass is 156 g/mol. The van der Waals surface area contributed by atoms with E-state index in [0.717, 1.165) is 0 Å². The van der Waals surface area contributed by atoms with Gasteiger partial charge in [-0.1, -0.05) is 32.9 Å². The third-order valence-corrected chi connectivity index (χ3v) is 3.90. The van der Waals surface area contributed by atoms with Crippen LogP contribution in [0, 0.1) is 5.41 Å². The van der Waals surface area contributed by atoms with Gasteiger partial charge < -0.3 is 0 Å². The predicted octanol–water partition coefficient (Wildman–Crippen LogP) is 3.00. The molecule has 58 valence electrons. The minimum absolute atomic E-state index is 0.405. The summed E-state index contributed by atoms with van der Waals surface area (Å²) in [7, 11) is 2.98. The van der Waals surface area contributed by atoms with Crippen LogP contribution in [0.4, 0.5) is 0 Å². The molecule has 2 unspecified atom stereocenters. The molecular weight excluding hydrogens is 139 g/mol. The van der Waals surface area contributed by atoms with Crippen molar-refractivity contribution in [2.75, 3.05) is 0 Å². The summed E-state index contributed by atoms with van der Waals surface area (Å²) in [5.41, 5.74) is 0.451. The molecule has 0 aliphatic heterocycles. The second-order valence-electron chi connectivity index (χ2n) is 4.18. The first-order valence-corrected chi connectivity index (χ1v) is 4.47. The molecule has 1 aliphatic carbocycles. The van der Waals surface area contributed by atoms with Crippen molar-refractivity contribution in [3.05, 3.63) is 12.2 Å². The summed E-state index contributed by atoms with van der Waals surface area (Å²) in [5.74, 6) is 0. The molecule has 10 heavy (non-hydrogen) atoms. The minimum atomic E-state index is 0.405. The fourth-order valence-corrected chi connectivity index (χ4v) is 1.47. The quantitative estimate of drug-likeness (QED) is 0.373. The summed E-state index contributed by atoms with van der Waals surface area (Å²) >= 11 is 0. The topological polar surface area (TPSA) is 0 Å². The van der Waals surface area contributed by atoms with E-state index in [1.54, 1.807) is 0 Å². The minimum Gasteiger partial charge on any atom is -0.130 e. The first-order valence-electron chi connectivity index (χ1n) is 3.90. The van der Waals surface area contributed by atoms with E-state index in [1.165, 1.54) is 12.8 Å². The highest BCUT2D eigenvalue weighted by molar-refractivity contribution is 7.19. The molecule has 0 N–H and O–H groups in total. The highest BCUT2D eigenvalue weighted by Gasteiger charge is 2.36. The number of allylic oxidation sites excluding steroid dienone is 2. The normalized spacial score (nSPS) is 38.0. The molecule has 0 aromatic rings. The van der Waals surface area contributed by atoms with Crippen molar-refractivity contribution >= 4 is 9.24 Å². The van der Waals surface area contributed by atoms with Crippen LogP contribution in [0.15, 0.2) is 12.2 Å². The van der Waals surface area contributed by atoms with Gasteiger partial charge in [0.15, 0.2) is 0 Å². The van der Waals surface area contributed by atoms with Crippen molar-refractivity contribution in [2.24, 2.45) is 5.41 Å². The maximum atomic E-state index is 2.98. The Balaban J connectivity index is 2.84. The molecule has 0 saturated heterocycles. The molecule has 0 fully saturated rings. The van der Waals surface area contributed by atoms with E-state index >= 15 is 0 Å². The Morgan fingerprint density at radius 3 is 1.90 bits per heavy atom. The third-order valence-electron chi connectivity index (χ3n) is 2.88. The van der Waals surface area contributed by atoms with Crippen LogP contribution in [0.1, 0.15) is 33.6 Å². The van der Waals surface area contributed by atoms with Crippen molar-refractivity contribution in [3.8, 4) is 0 Å². The fourth-order valence-electron chi connectivity index (χ4n) is 1.22. The molecule has 0 radical (unpaired) electrons. The summed E-state index contributed by atoms with van der Waals surface area (Å²) < 4.78 is 0. The van der Waals surface area contributed by atoms with Gasteiger partial charge in [-0.25, -0.2) is 0 Å². The maximum absolute atomic E-state index is 2.98.